The molecule has 3 N–H and O–H groups in total. The molecule has 2 aromatic carbocycles. The number of halogens is 1. The smallest absolute Gasteiger partial charge is 0.243 e. The third-order valence-electron chi connectivity index (χ3n) is 7.49. The van der Waals surface area contributed by atoms with E-state index in [1.54, 1.807) is 18.2 Å². The lowest BCUT2D eigenvalue weighted by Crippen LogP contribution is -2.47. The van der Waals surface area contributed by atoms with Gasteiger partial charge in [-0.1, -0.05) is 59.3 Å². The number of hydrogen-bond acceptors (Lipinski definition) is 6. The molecule has 6 rings (SSSR count). The molecular formula is C25H29ClN6O2S. The van der Waals surface area contributed by atoms with E-state index in [1.807, 2.05) is 6.07 Å². The highest BCUT2D eigenvalue weighted by molar-refractivity contribution is 7.89. The first-order valence-corrected chi connectivity index (χ1v) is 14.1. The summed E-state index contributed by atoms with van der Waals surface area (Å²) in [5.41, 5.74) is 10.1. The number of rotatable bonds is 7. The van der Waals surface area contributed by atoms with Crippen molar-refractivity contribution in [1.82, 2.24) is 30.6 Å². The van der Waals surface area contributed by atoms with Gasteiger partial charge in [0.1, 0.15) is 4.90 Å². The first-order valence-electron chi connectivity index (χ1n) is 12.2. The van der Waals surface area contributed by atoms with E-state index in [1.165, 1.54) is 30.2 Å². The standard InChI is InChI=1S/C25H29ClN6O2S/c26-20-8-4-5-9-22(20)35(33,34)30-25-19-14-18(12-13-21(19)27-29-25)23-24(17-10-11-17)32(31-28-23)15-16-6-2-1-3-7-16/h1-9,17-19,21,25,27,29-30H,10-15H2. The first-order chi connectivity index (χ1) is 17.0. The Morgan fingerprint density at radius 2 is 1.71 bits per heavy atom. The zero-order valence-corrected chi connectivity index (χ0v) is 20.8. The lowest BCUT2D eigenvalue weighted by molar-refractivity contribution is 0.268. The van der Waals surface area contributed by atoms with Crippen LogP contribution in [0.15, 0.2) is 59.5 Å². The number of fused-ring (bicyclic) bond motifs is 1. The van der Waals surface area contributed by atoms with E-state index in [9.17, 15) is 8.42 Å². The second kappa shape index (κ2) is 9.29. The second-order valence-corrected chi connectivity index (χ2v) is 12.0. The van der Waals surface area contributed by atoms with Crippen LogP contribution >= 0.6 is 11.6 Å². The molecule has 2 saturated carbocycles. The van der Waals surface area contributed by atoms with Gasteiger partial charge in [0.25, 0.3) is 0 Å². The highest BCUT2D eigenvalue weighted by atomic mass is 35.5. The van der Waals surface area contributed by atoms with E-state index in [2.05, 4.69) is 54.8 Å². The van der Waals surface area contributed by atoms with Crippen molar-refractivity contribution in [3.05, 3.63) is 76.6 Å². The van der Waals surface area contributed by atoms with Gasteiger partial charge in [-0.25, -0.2) is 18.5 Å². The molecule has 2 heterocycles. The van der Waals surface area contributed by atoms with Crippen LogP contribution in [0.25, 0.3) is 0 Å². The predicted molar refractivity (Wildman–Crippen MR) is 133 cm³/mol. The molecule has 3 fully saturated rings. The largest absolute Gasteiger partial charge is 0.253 e. The average molecular weight is 513 g/mol. The first kappa shape index (κ1) is 23.1. The zero-order valence-electron chi connectivity index (χ0n) is 19.3. The van der Waals surface area contributed by atoms with Crippen LogP contribution in [0.2, 0.25) is 5.02 Å². The molecule has 3 aliphatic rings. The van der Waals surface area contributed by atoms with Crippen molar-refractivity contribution in [3.8, 4) is 0 Å². The maximum atomic E-state index is 13.1. The van der Waals surface area contributed by atoms with E-state index in [4.69, 9.17) is 11.6 Å². The highest BCUT2D eigenvalue weighted by Gasteiger charge is 2.44. The molecule has 0 radical (unpaired) electrons. The zero-order chi connectivity index (χ0) is 24.0. The molecule has 4 unspecified atom stereocenters. The molecule has 0 bridgehead atoms. The van der Waals surface area contributed by atoms with Gasteiger partial charge >= 0.3 is 0 Å². The van der Waals surface area contributed by atoms with Gasteiger partial charge in [-0.05, 0) is 49.8 Å². The molecule has 10 heteroatoms. The molecule has 1 saturated heterocycles. The molecule has 2 aliphatic carbocycles. The molecule has 35 heavy (non-hydrogen) atoms. The van der Waals surface area contributed by atoms with Crippen molar-refractivity contribution in [3.63, 3.8) is 0 Å². The molecule has 0 spiro atoms. The summed E-state index contributed by atoms with van der Waals surface area (Å²) in [4.78, 5) is 0.0964. The van der Waals surface area contributed by atoms with Crippen LogP contribution in [0.3, 0.4) is 0 Å². The third kappa shape index (κ3) is 4.63. The number of hydrazine groups is 1. The van der Waals surface area contributed by atoms with Gasteiger partial charge in [0, 0.05) is 23.8 Å². The third-order valence-corrected chi connectivity index (χ3v) is 9.43. The van der Waals surface area contributed by atoms with E-state index >= 15 is 0 Å². The van der Waals surface area contributed by atoms with Crippen molar-refractivity contribution in [2.75, 3.05) is 0 Å². The molecular weight excluding hydrogens is 484 g/mol. The number of aromatic nitrogens is 3. The fourth-order valence-corrected chi connectivity index (χ4v) is 7.31. The van der Waals surface area contributed by atoms with Crippen molar-refractivity contribution >= 4 is 21.6 Å². The number of nitrogens with one attached hydrogen (secondary N) is 3. The Labute approximate surface area is 210 Å². The average Bonchev–Trinajstić information content (AvgIpc) is 3.50. The van der Waals surface area contributed by atoms with Crippen LogP contribution in [0.1, 0.15) is 60.9 Å². The predicted octanol–water partition coefficient (Wildman–Crippen LogP) is 3.52. The molecule has 0 amide bonds. The number of hydrogen-bond donors (Lipinski definition) is 3. The van der Waals surface area contributed by atoms with Crippen molar-refractivity contribution in [2.45, 2.75) is 67.6 Å². The maximum absolute atomic E-state index is 13.1. The summed E-state index contributed by atoms with van der Waals surface area (Å²) in [6.07, 6.45) is 4.72. The minimum atomic E-state index is -3.77. The Hall–Kier alpha value is -2.30. The van der Waals surface area contributed by atoms with Crippen molar-refractivity contribution < 1.29 is 8.42 Å². The van der Waals surface area contributed by atoms with Gasteiger partial charge in [0.05, 0.1) is 29.1 Å². The molecule has 1 aromatic heterocycles. The van der Waals surface area contributed by atoms with E-state index in [-0.39, 0.29) is 27.8 Å². The topological polar surface area (TPSA) is 101 Å². The fourth-order valence-electron chi connectivity index (χ4n) is 5.59. The van der Waals surface area contributed by atoms with Crippen molar-refractivity contribution in [2.24, 2.45) is 5.92 Å². The van der Waals surface area contributed by atoms with Crippen LogP contribution < -0.4 is 15.6 Å². The quantitative estimate of drug-likeness (QED) is 0.448. The van der Waals surface area contributed by atoms with Crippen molar-refractivity contribution in [1.29, 1.82) is 0 Å². The molecule has 1 aliphatic heterocycles. The Kier molecular flexibility index (Phi) is 6.14. The van der Waals surface area contributed by atoms with Crippen LogP contribution in [-0.4, -0.2) is 35.6 Å². The van der Waals surface area contributed by atoms with Gasteiger partial charge in [-0.3, -0.25) is 5.43 Å². The monoisotopic (exact) mass is 512 g/mol. The van der Waals surface area contributed by atoms with Crippen LogP contribution in [0, 0.1) is 5.92 Å². The summed E-state index contributed by atoms with van der Waals surface area (Å²) in [6, 6.07) is 17.1. The molecule has 3 aromatic rings. The van der Waals surface area contributed by atoms with Gasteiger partial charge in [0.15, 0.2) is 0 Å². The van der Waals surface area contributed by atoms with Crippen LogP contribution in [0.4, 0.5) is 0 Å². The van der Waals surface area contributed by atoms with Gasteiger partial charge < -0.3 is 0 Å². The van der Waals surface area contributed by atoms with Gasteiger partial charge in [-0.15, -0.1) is 5.10 Å². The van der Waals surface area contributed by atoms with E-state index in [0.717, 1.165) is 31.5 Å². The Balaban J connectivity index is 1.22. The van der Waals surface area contributed by atoms with Crippen LogP contribution in [-0.2, 0) is 16.6 Å². The minimum absolute atomic E-state index is 0.0948. The van der Waals surface area contributed by atoms with Gasteiger partial charge in [-0.2, -0.15) is 4.72 Å². The molecule has 8 nitrogen and oxygen atoms in total. The SMILES string of the molecule is O=S(=O)(NC1NNC2CCC(c3nnn(Cc4ccccc4)c3C3CC3)CC21)c1ccccc1Cl. The number of sulfonamides is 1. The Morgan fingerprint density at radius 3 is 2.49 bits per heavy atom. The minimum Gasteiger partial charge on any atom is -0.253 e. The molecule has 184 valence electrons. The summed E-state index contributed by atoms with van der Waals surface area (Å²) in [5.74, 6) is 0.874. The summed E-state index contributed by atoms with van der Waals surface area (Å²) in [6.45, 7) is 0.724. The summed E-state index contributed by atoms with van der Waals surface area (Å²) in [5, 5.41) is 9.47. The molecule has 4 atom stereocenters. The Morgan fingerprint density at radius 1 is 0.971 bits per heavy atom. The fraction of sp³-hybridized carbons (Fsp3) is 0.440. The lowest BCUT2D eigenvalue weighted by Gasteiger charge is -2.32. The summed E-state index contributed by atoms with van der Waals surface area (Å²) >= 11 is 6.18. The Bertz CT molecular complexity index is 1310. The summed E-state index contributed by atoms with van der Waals surface area (Å²) < 4.78 is 31.1. The maximum Gasteiger partial charge on any atom is 0.243 e. The second-order valence-electron chi connectivity index (χ2n) is 9.88. The normalized spacial score (nSPS) is 26.5. The van der Waals surface area contributed by atoms with Gasteiger partial charge in [0.2, 0.25) is 10.0 Å². The lowest BCUT2D eigenvalue weighted by atomic mass is 9.76. The van der Waals surface area contributed by atoms with E-state index < -0.39 is 16.2 Å². The summed E-state index contributed by atoms with van der Waals surface area (Å²) in [7, 11) is -3.77. The van der Waals surface area contributed by atoms with Crippen LogP contribution in [0.5, 0.6) is 0 Å². The highest BCUT2D eigenvalue weighted by Crippen LogP contribution is 2.46. The number of benzene rings is 2. The number of nitrogens with zero attached hydrogens (tertiary/aromatic N) is 3. The van der Waals surface area contributed by atoms with E-state index in [0.29, 0.717) is 5.92 Å².